The number of benzene rings is 1. The number of aromatic nitrogens is 5. The maximum atomic E-state index is 14.9. The van der Waals surface area contributed by atoms with Crippen LogP contribution < -0.4 is 4.90 Å². The van der Waals surface area contributed by atoms with Crippen molar-refractivity contribution >= 4 is 11.9 Å². The lowest BCUT2D eigenvalue weighted by Gasteiger charge is -2.45. The molecule has 0 saturated carbocycles. The van der Waals surface area contributed by atoms with E-state index in [0.29, 0.717) is 12.2 Å². The number of anilines is 1. The van der Waals surface area contributed by atoms with Crippen molar-refractivity contribution in [3.8, 4) is 5.69 Å². The van der Waals surface area contributed by atoms with Crippen molar-refractivity contribution in [2.45, 2.75) is 45.1 Å². The third-order valence-corrected chi connectivity index (χ3v) is 6.63. The standard InChI is InChI=1S/C23H26FN7O/c1-16-15-17(2)28-22(27-16)29-13-8-23(9-14-29)7-4-12-30(23)21(32)20-18(24)5-3-6-19(20)31-25-10-11-26-31/h3,5-6,10-11,15H,4,7-9,12-14H2,1-2H3. The second-order valence-corrected chi connectivity index (χ2v) is 8.67. The van der Waals surface area contributed by atoms with Gasteiger partial charge < -0.3 is 9.80 Å². The second-order valence-electron chi connectivity index (χ2n) is 8.67. The minimum Gasteiger partial charge on any atom is -0.341 e. The number of amides is 1. The Kier molecular flexibility index (Phi) is 5.11. The third-order valence-electron chi connectivity index (χ3n) is 6.63. The van der Waals surface area contributed by atoms with E-state index in [9.17, 15) is 9.18 Å². The van der Waals surface area contributed by atoms with Crippen LogP contribution in [0.2, 0.25) is 0 Å². The molecular weight excluding hydrogens is 409 g/mol. The van der Waals surface area contributed by atoms with Crippen LogP contribution in [0.5, 0.6) is 0 Å². The van der Waals surface area contributed by atoms with Gasteiger partial charge in [-0.05, 0) is 57.7 Å². The summed E-state index contributed by atoms with van der Waals surface area (Å²) in [5.41, 5.74) is 2.02. The average molecular weight is 436 g/mol. The van der Waals surface area contributed by atoms with Crippen LogP contribution in [0.4, 0.5) is 10.3 Å². The van der Waals surface area contributed by atoms with Crippen LogP contribution in [0.3, 0.4) is 0 Å². The van der Waals surface area contributed by atoms with Crippen molar-refractivity contribution < 1.29 is 9.18 Å². The van der Waals surface area contributed by atoms with Crippen LogP contribution in [0.15, 0.2) is 36.7 Å². The van der Waals surface area contributed by atoms with E-state index in [1.54, 1.807) is 12.1 Å². The van der Waals surface area contributed by atoms with Crippen LogP contribution in [0.25, 0.3) is 5.69 Å². The monoisotopic (exact) mass is 435 g/mol. The van der Waals surface area contributed by atoms with Crippen LogP contribution in [0.1, 0.15) is 47.4 Å². The molecule has 3 aromatic rings. The van der Waals surface area contributed by atoms with E-state index in [-0.39, 0.29) is 17.0 Å². The molecular formula is C23H26FN7O. The normalized spacial score (nSPS) is 17.8. The van der Waals surface area contributed by atoms with Crippen molar-refractivity contribution in [2.24, 2.45) is 0 Å². The van der Waals surface area contributed by atoms with Gasteiger partial charge in [0.05, 0.1) is 12.4 Å². The number of rotatable bonds is 3. The fraction of sp³-hybridized carbons (Fsp3) is 0.435. The molecule has 0 radical (unpaired) electrons. The average Bonchev–Trinajstić information content (AvgIpc) is 3.44. The number of carbonyl (C=O) groups is 1. The largest absolute Gasteiger partial charge is 0.341 e. The number of likely N-dealkylation sites (tertiary alicyclic amines) is 1. The molecule has 1 amide bonds. The molecule has 2 aliphatic rings. The molecule has 4 heterocycles. The van der Waals surface area contributed by atoms with Gasteiger partial charge in [0.25, 0.3) is 5.91 Å². The first-order valence-corrected chi connectivity index (χ1v) is 11.0. The van der Waals surface area contributed by atoms with Gasteiger partial charge in [0.15, 0.2) is 0 Å². The summed E-state index contributed by atoms with van der Waals surface area (Å²) < 4.78 is 14.9. The zero-order valence-electron chi connectivity index (χ0n) is 18.3. The number of nitrogens with zero attached hydrogens (tertiary/aromatic N) is 7. The van der Waals surface area contributed by atoms with Gasteiger partial charge in [0.1, 0.15) is 17.1 Å². The summed E-state index contributed by atoms with van der Waals surface area (Å²) in [5.74, 6) is -0.0914. The molecule has 9 heteroatoms. The minimum atomic E-state index is -0.548. The molecule has 2 aromatic heterocycles. The highest BCUT2D eigenvalue weighted by Crippen LogP contribution is 2.40. The van der Waals surface area contributed by atoms with E-state index < -0.39 is 5.82 Å². The second kappa shape index (κ2) is 7.96. The maximum absolute atomic E-state index is 14.9. The summed E-state index contributed by atoms with van der Waals surface area (Å²) in [5, 5.41) is 8.21. The molecule has 2 aliphatic heterocycles. The fourth-order valence-corrected chi connectivity index (χ4v) is 5.11. The Morgan fingerprint density at radius 2 is 1.69 bits per heavy atom. The summed E-state index contributed by atoms with van der Waals surface area (Å²) >= 11 is 0. The summed E-state index contributed by atoms with van der Waals surface area (Å²) in [6.07, 6.45) is 6.47. The van der Waals surface area contributed by atoms with Crippen molar-refractivity contribution in [3.63, 3.8) is 0 Å². The zero-order chi connectivity index (χ0) is 22.3. The molecule has 0 atom stereocenters. The van der Waals surface area contributed by atoms with Crippen LogP contribution in [0, 0.1) is 19.7 Å². The van der Waals surface area contributed by atoms with Gasteiger partial charge in [-0.25, -0.2) is 14.4 Å². The first kappa shape index (κ1) is 20.5. The lowest BCUT2D eigenvalue weighted by Crippen LogP contribution is -2.54. The number of hydrogen-bond donors (Lipinski definition) is 0. The van der Waals surface area contributed by atoms with Gasteiger partial charge in [-0.1, -0.05) is 6.07 Å². The van der Waals surface area contributed by atoms with E-state index in [2.05, 4.69) is 25.1 Å². The quantitative estimate of drug-likeness (QED) is 0.629. The Morgan fingerprint density at radius 1 is 1.00 bits per heavy atom. The number of halogens is 1. The predicted molar refractivity (Wildman–Crippen MR) is 117 cm³/mol. The summed E-state index contributed by atoms with van der Waals surface area (Å²) in [6.45, 7) is 6.09. The van der Waals surface area contributed by atoms with Crippen molar-refractivity contribution in [3.05, 3.63) is 59.4 Å². The summed E-state index contributed by atoms with van der Waals surface area (Å²) in [4.78, 5) is 28.2. The van der Waals surface area contributed by atoms with Gasteiger partial charge in [-0.15, -0.1) is 0 Å². The molecule has 0 unspecified atom stereocenters. The van der Waals surface area contributed by atoms with Gasteiger partial charge >= 0.3 is 0 Å². The molecule has 1 aromatic carbocycles. The third kappa shape index (κ3) is 3.51. The van der Waals surface area contributed by atoms with Crippen LogP contribution in [-0.4, -0.2) is 60.9 Å². The molecule has 5 rings (SSSR count). The Morgan fingerprint density at radius 3 is 2.38 bits per heavy atom. The van der Waals surface area contributed by atoms with Gasteiger partial charge in [-0.2, -0.15) is 15.0 Å². The lowest BCUT2D eigenvalue weighted by atomic mass is 9.84. The summed E-state index contributed by atoms with van der Waals surface area (Å²) in [6, 6.07) is 6.54. The molecule has 2 fully saturated rings. The van der Waals surface area contributed by atoms with E-state index in [4.69, 9.17) is 0 Å². The minimum absolute atomic E-state index is 0.0325. The number of carbonyl (C=O) groups excluding carboxylic acids is 1. The molecule has 166 valence electrons. The molecule has 1 spiro atoms. The SMILES string of the molecule is Cc1cc(C)nc(N2CCC3(CCCN3C(=O)c3c(F)cccc3-n3nccn3)CC2)n1. The maximum Gasteiger partial charge on any atom is 0.259 e. The highest BCUT2D eigenvalue weighted by molar-refractivity contribution is 5.98. The molecule has 2 saturated heterocycles. The molecule has 0 aliphatic carbocycles. The lowest BCUT2D eigenvalue weighted by molar-refractivity contribution is 0.0530. The van der Waals surface area contributed by atoms with Crippen molar-refractivity contribution in [1.82, 2.24) is 29.9 Å². The highest BCUT2D eigenvalue weighted by Gasteiger charge is 2.46. The fourth-order valence-electron chi connectivity index (χ4n) is 5.11. The first-order chi connectivity index (χ1) is 15.5. The number of hydrogen-bond acceptors (Lipinski definition) is 6. The molecule has 0 N–H and O–H groups in total. The van der Waals surface area contributed by atoms with Crippen LogP contribution in [-0.2, 0) is 0 Å². The van der Waals surface area contributed by atoms with Gasteiger partial charge in [0.2, 0.25) is 5.95 Å². The van der Waals surface area contributed by atoms with Gasteiger partial charge in [-0.3, -0.25) is 4.79 Å². The Balaban J connectivity index is 1.41. The molecule has 32 heavy (non-hydrogen) atoms. The summed E-state index contributed by atoms with van der Waals surface area (Å²) in [7, 11) is 0. The predicted octanol–water partition coefficient (Wildman–Crippen LogP) is 3.09. The van der Waals surface area contributed by atoms with E-state index >= 15 is 0 Å². The Bertz CT molecular complexity index is 1120. The number of aryl methyl sites for hydroxylation is 2. The highest BCUT2D eigenvalue weighted by atomic mass is 19.1. The molecule has 0 bridgehead atoms. The number of piperidine rings is 1. The van der Waals surface area contributed by atoms with Gasteiger partial charge in [0, 0.05) is 36.6 Å². The van der Waals surface area contributed by atoms with Crippen molar-refractivity contribution in [2.75, 3.05) is 24.5 Å². The van der Waals surface area contributed by atoms with E-state index in [1.807, 2.05) is 24.8 Å². The smallest absolute Gasteiger partial charge is 0.259 e. The van der Waals surface area contributed by atoms with E-state index in [0.717, 1.165) is 56.1 Å². The Hall–Kier alpha value is -3.36. The first-order valence-electron chi connectivity index (χ1n) is 11.0. The zero-order valence-corrected chi connectivity index (χ0v) is 18.3. The molecule has 8 nitrogen and oxygen atoms in total. The van der Waals surface area contributed by atoms with Crippen LogP contribution >= 0.6 is 0 Å². The Labute approximate surface area is 186 Å². The topological polar surface area (TPSA) is 80.0 Å². The van der Waals surface area contributed by atoms with E-state index in [1.165, 1.54) is 23.3 Å². The van der Waals surface area contributed by atoms with Crippen molar-refractivity contribution in [1.29, 1.82) is 0 Å².